The number of aryl methyl sites for hydroxylation is 1. The van der Waals surface area contributed by atoms with Gasteiger partial charge in [0.25, 0.3) is 0 Å². The number of aromatic nitrogens is 2. The first-order valence-electron chi connectivity index (χ1n) is 4.84. The molecule has 2 nitrogen and oxygen atoms in total. The van der Waals surface area contributed by atoms with Crippen molar-refractivity contribution in [3.8, 4) is 0 Å². The van der Waals surface area contributed by atoms with Crippen molar-refractivity contribution in [2.45, 2.75) is 27.2 Å². The number of nitrogens with zero attached hydrogens (tertiary/aromatic N) is 1. The number of hydrogen-bond donors (Lipinski definition) is 1. The van der Waals surface area contributed by atoms with E-state index >= 15 is 0 Å². The molecule has 2 rings (SSSR count). The third kappa shape index (κ3) is 2.08. The average molecular weight is 176 g/mol. The fraction of sp³-hybridized carbons (Fsp3) is 0.364. The Kier molecular flexibility index (Phi) is 3.50. The second-order valence-corrected chi connectivity index (χ2v) is 2.55. The number of hydrogen-bond acceptors (Lipinski definition) is 1. The standard InChI is InChI=1S/C9H10N2.C2H6/c1-2-9-10-7-5-3-4-6-8(7)11-9;1-2/h3-6H,2H2,1H3,(H,10,11);1-2H3. The molecule has 0 aliphatic heterocycles. The molecule has 0 saturated heterocycles. The van der Waals surface area contributed by atoms with Gasteiger partial charge in [-0.25, -0.2) is 4.98 Å². The zero-order valence-corrected chi connectivity index (χ0v) is 8.46. The van der Waals surface area contributed by atoms with Gasteiger partial charge in [-0.05, 0) is 12.1 Å². The van der Waals surface area contributed by atoms with Crippen molar-refractivity contribution in [3.63, 3.8) is 0 Å². The van der Waals surface area contributed by atoms with Crippen LogP contribution in [0.1, 0.15) is 26.6 Å². The Labute approximate surface area is 79.0 Å². The third-order valence-electron chi connectivity index (χ3n) is 1.77. The lowest BCUT2D eigenvalue weighted by Crippen LogP contribution is -1.79. The molecule has 0 aliphatic carbocycles. The van der Waals surface area contributed by atoms with Gasteiger partial charge in [0.2, 0.25) is 0 Å². The molecule has 0 amide bonds. The van der Waals surface area contributed by atoms with Gasteiger partial charge in [-0.1, -0.05) is 32.9 Å². The van der Waals surface area contributed by atoms with Crippen molar-refractivity contribution in [3.05, 3.63) is 30.1 Å². The highest BCUT2D eigenvalue weighted by molar-refractivity contribution is 5.74. The molecular weight excluding hydrogens is 160 g/mol. The van der Waals surface area contributed by atoms with Gasteiger partial charge >= 0.3 is 0 Å². The van der Waals surface area contributed by atoms with Crippen LogP contribution in [0, 0.1) is 0 Å². The molecule has 0 atom stereocenters. The molecule has 1 aromatic heterocycles. The van der Waals surface area contributed by atoms with E-state index in [0.717, 1.165) is 23.3 Å². The van der Waals surface area contributed by atoms with Crippen LogP contribution in [0.4, 0.5) is 0 Å². The molecule has 0 spiro atoms. The highest BCUT2D eigenvalue weighted by Crippen LogP contribution is 2.09. The topological polar surface area (TPSA) is 28.7 Å². The maximum absolute atomic E-state index is 4.38. The molecule has 2 heteroatoms. The molecule has 13 heavy (non-hydrogen) atoms. The van der Waals surface area contributed by atoms with Crippen LogP contribution in [-0.4, -0.2) is 9.97 Å². The normalized spacial score (nSPS) is 9.46. The van der Waals surface area contributed by atoms with E-state index in [4.69, 9.17) is 0 Å². The number of benzene rings is 1. The zero-order valence-electron chi connectivity index (χ0n) is 8.46. The van der Waals surface area contributed by atoms with Crippen LogP contribution >= 0.6 is 0 Å². The Morgan fingerprint density at radius 1 is 1.23 bits per heavy atom. The molecule has 70 valence electrons. The Hall–Kier alpha value is -1.31. The highest BCUT2D eigenvalue weighted by atomic mass is 14.9. The molecule has 0 unspecified atom stereocenters. The van der Waals surface area contributed by atoms with E-state index in [1.165, 1.54) is 0 Å². The molecule has 0 fully saturated rings. The van der Waals surface area contributed by atoms with Crippen molar-refractivity contribution in [2.75, 3.05) is 0 Å². The summed E-state index contributed by atoms with van der Waals surface area (Å²) in [5, 5.41) is 0. The van der Waals surface area contributed by atoms with E-state index in [1.54, 1.807) is 0 Å². The van der Waals surface area contributed by atoms with Gasteiger partial charge in [0.1, 0.15) is 5.82 Å². The minimum Gasteiger partial charge on any atom is -0.342 e. The molecule has 0 saturated carbocycles. The zero-order chi connectivity index (χ0) is 9.68. The first kappa shape index (κ1) is 9.78. The highest BCUT2D eigenvalue weighted by Gasteiger charge is 1.97. The van der Waals surface area contributed by atoms with Crippen LogP contribution < -0.4 is 0 Å². The van der Waals surface area contributed by atoms with Crippen LogP contribution in [-0.2, 0) is 6.42 Å². The van der Waals surface area contributed by atoms with Gasteiger partial charge in [-0.2, -0.15) is 0 Å². The second-order valence-electron chi connectivity index (χ2n) is 2.55. The summed E-state index contributed by atoms with van der Waals surface area (Å²) >= 11 is 0. The van der Waals surface area contributed by atoms with Crippen LogP contribution in [0.3, 0.4) is 0 Å². The fourth-order valence-corrected chi connectivity index (χ4v) is 1.17. The van der Waals surface area contributed by atoms with Crippen LogP contribution in [0.25, 0.3) is 11.0 Å². The number of imidazole rings is 1. The maximum Gasteiger partial charge on any atom is 0.106 e. The predicted molar refractivity (Wildman–Crippen MR) is 56.8 cm³/mol. The van der Waals surface area contributed by atoms with E-state index in [1.807, 2.05) is 38.1 Å². The number of rotatable bonds is 1. The molecule has 1 heterocycles. The van der Waals surface area contributed by atoms with Gasteiger partial charge < -0.3 is 4.98 Å². The summed E-state index contributed by atoms with van der Waals surface area (Å²) in [5.74, 6) is 1.06. The largest absolute Gasteiger partial charge is 0.342 e. The van der Waals surface area contributed by atoms with Crippen molar-refractivity contribution in [1.29, 1.82) is 0 Å². The molecular formula is C11H16N2. The lowest BCUT2D eigenvalue weighted by atomic mass is 10.3. The predicted octanol–water partition coefficient (Wildman–Crippen LogP) is 3.15. The number of aromatic amines is 1. The number of H-pyrrole nitrogens is 1. The van der Waals surface area contributed by atoms with Crippen molar-refractivity contribution < 1.29 is 0 Å². The van der Waals surface area contributed by atoms with E-state index in [2.05, 4.69) is 16.9 Å². The number of fused-ring (bicyclic) bond motifs is 1. The van der Waals surface area contributed by atoms with Crippen molar-refractivity contribution in [2.24, 2.45) is 0 Å². The quantitative estimate of drug-likeness (QED) is 0.710. The molecule has 1 N–H and O–H groups in total. The number of nitrogens with one attached hydrogen (secondary N) is 1. The summed E-state index contributed by atoms with van der Waals surface area (Å²) < 4.78 is 0. The summed E-state index contributed by atoms with van der Waals surface area (Å²) in [7, 11) is 0. The lowest BCUT2D eigenvalue weighted by molar-refractivity contribution is 1.00. The summed E-state index contributed by atoms with van der Waals surface area (Å²) in [6, 6.07) is 8.08. The van der Waals surface area contributed by atoms with E-state index in [0.29, 0.717) is 0 Å². The Bertz CT molecular complexity index is 330. The van der Waals surface area contributed by atoms with Gasteiger partial charge in [0.15, 0.2) is 0 Å². The monoisotopic (exact) mass is 176 g/mol. The second kappa shape index (κ2) is 4.65. The average Bonchev–Trinajstić information content (AvgIpc) is 2.63. The van der Waals surface area contributed by atoms with Crippen molar-refractivity contribution in [1.82, 2.24) is 9.97 Å². The molecule has 0 radical (unpaired) electrons. The summed E-state index contributed by atoms with van der Waals surface area (Å²) in [5.41, 5.74) is 2.19. The van der Waals surface area contributed by atoms with Gasteiger partial charge in [-0.15, -0.1) is 0 Å². The third-order valence-corrected chi connectivity index (χ3v) is 1.77. The SMILES string of the molecule is CC.CCc1nc2ccccc2[nH]1. The van der Waals surface area contributed by atoms with E-state index < -0.39 is 0 Å². The lowest BCUT2D eigenvalue weighted by Gasteiger charge is -1.82. The molecule has 0 bridgehead atoms. The smallest absolute Gasteiger partial charge is 0.106 e. The summed E-state index contributed by atoms with van der Waals surface area (Å²) in [6.07, 6.45) is 0.967. The van der Waals surface area contributed by atoms with Crippen LogP contribution in [0.15, 0.2) is 24.3 Å². The molecule has 2 aromatic rings. The minimum atomic E-state index is 0.967. The van der Waals surface area contributed by atoms with Gasteiger partial charge in [-0.3, -0.25) is 0 Å². The number of para-hydroxylation sites is 2. The van der Waals surface area contributed by atoms with Crippen LogP contribution in [0.2, 0.25) is 0 Å². The Morgan fingerprint density at radius 2 is 1.92 bits per heavy atom. The fourth-order valence-electron chi connectivity index (χ4n) is 1.17. The maximum atomic E-state index is 4.38. The first-order chi connectivity index (χ1) is 6.40. The minimum absolute atomic E-state index is 0.967. The summed E-state index contributed by atoms with van der Waals surface area (Å²) in [6.45, 7) is 6.09. The van der Waals surface area contributed by atoms with Gasteiger partial charge in [0.05, 0.1) is 11.0 Å². The Morgan fingerprint density at radius 3 is 2.54 bits per heavy atom. The van der Waals surface area contributed by atoms with Crippen molar-refractivity contribution >= 4 is 11.0 Å². The molecule has 0 aliphatic rings. The van der Waals surface area contributed by atoms with Gasteiger partial charge in [0, 0.05) is 6.42 Å². The Balaban J connectivity index is 0.000000396. The molecule has 1 aromatic carbocycles. The first-order valence-corrected chi connectivity index (χ1v) is 4.84. The van der Waals surface area contributed by atoms with E-state index in [-0.39, 0.29) is 0 Å². The van der Waals surface area contributed by atoms with E-state index in [9.17, 15) is 0 Å². The summed E-state index contributed by atoms with van der Waals surface area (Å²) in [4.78, 5) is 7.61. The van der Waals surface area contributed by atoms with Crippen LogP contribution in [0.5, 0.6) is 0 Å².